The van der Waals surface area contributed by atoms with Gasteiger partial charge in [0.15, 0.2) is 0 Å². The van der Waals surface area contributed by atoms with Gasteiger partial charge in [0.25, 0.3) is 0 Å². The first kappa shape index (κ1) is 14.8. The Labute approximate surface area is 133 Å². The summed E-state index contributed by atoms with van der Waals surface area (Å²) in [7, 11) is 0. The number of hydrogen-bond acceptors (Lipinski definition) is 3. The number of hydrogen-bond donors (Lipinski definition) is 1. The van der Waals surface area contributed by atoms with Gasteiger partial charge in [0.2, 0.25) is 5.91 Å². The van der Waals surface area contributed by atoms with Gasteiger partial charge in [-0.15, -0.1) is 0 Å². The van der Waals surface area contributed by atoms with Gasteiger partial charge in [-0.1, -0.05) is 37.6 Å². The van der Waals surface area contributed by atoms with Crippen LogP contribution in [0.3, 0.4) is 0 Å². The molecule has 0 radical (unpaired) electrons. The van der Waals surface area contributed by atoms with E-state index in [0.29, 0.717) is 23.2 Å². The van der Waals surface area contributed by atoms with Gasteiger partial charge in [0.05, 0.1) is 16.9 Å². The number of benzene rings is 1. The molecular weight excluding hydrogens is 302 g/mol. The first-order chi connectivity index (χ1) is 10.5. The van der Waals surface area contributed by atoms with Crippen LogP contribution in [0.25, 0.3) is 10.8 Å². The van der Waals surface area contributed by atoms with E-state index in [1.165, 1.54) is 4.90 Å². The molecule has 1 aromatic heterocycles. The number of fused-ring (bicyclic) bond motifs is 1. The predicted octanol–water partition coefficient (Wildman–Crippen LogP) is 3.46. The molecule has 114 valence electrons. The molecule has 0 saturated carbocycles. The summed E-state index contributed by atoms with van der Waals surface area (Å²) < 4.78 is 0. The normalized spacial score (nSPS) is 15.5. The minimum absolute atomic E-state index is 0.255. The second-order valence-electron chi connectivity index (χ2n) is 5.63. The summed E-state index contributed by atoms with van der Waals surface area (Å²) in [6.45, 7) is 4.50. The standard InChI is InChI=1S/C16H16ClN3O2/c1-9(2)10-3-4-11-12(15(10)17)7-18-8-13(11)20-6-5-14(21)19-16(20)22/h3-4,7-9H,5-6H2,1-2H3,(H,19,21,22). The molecule has 2 aromatic rings. The van der Waals surface area contributed by atoms with Crippen molar-refractivity contribution in [1.82, 2.24) is 10.3 Å². The number of aromatic nitrogens is 1. The minimum atomic E-state index is -0.422. The zero-order valence-corrected chi connectivity index (χ0v) is 13.1. The van der Waals surface area contributed by atoms with Gasteiger partial charge in [-0.3, -0.25) is 20.0 Å². The van der Waals surface area contributed by atoms with Crippen LogP contribution in [0.4, 0.5) is 10.5 Å². The molecular formula is C16H16ClN3O2. The number of anilines is 1. The topological polar surface area (TPSA) is 62.3 Å². The SMILES string of the molecule is CC(C)c1ccc2c(N3CCC(=O)NC3=O)cncc2c1Cl. The van der Waals surface area contributed by atoms with Crippen LogP contribution in [0.5, 0.6) is 0 Å². The van der Waals surface area contributed by atoms with Crippen molar-refractivity contribution >= 4 is 40.0 Å². The first-order valence-corrected chi connectivity index (χ1v) is 7.54. The maximum absolute atomic E-state index is 12.0. The molecule has 3 amide bonds. The van der Waals surface area contributed by atoms with Crippen molar-refractivity contribution in [3.63, 3.8) is 0 Å². The molecule has 0 aliphatic carbocycles. The zero-order valence-electron chi connectivity index (χ0n) is 12.4. The molecule has 22 heavy (non-hydrogen) atoms. The number of amides is 3. The number of rotatable bonds is 2. The Hall–Kier alpha value is -2.14. The highest BCUT2D eigenvalue weighted by Crippen LogP contribution is 2.35. The van der Waals surface area contributed by atoms with Crippen LogP contribution in [-0.4, -0.2) is 23.5 Å². The molecule has 0 atom stereocenters. The Bertz CT molecular complexity index is 773. The molecule has 1 aromatic carbocycles. The number of carbonyl (C=O) groups is 2. The van der Waals surface area contributed by atoms with Crippen LogP contribution in [0.1, 0.15) is 31.7 Å². The molecule has 2 heterocycles. The van der Waals surface area contributed by atoms with Crippen molar-refractivity contribution in [2.45, 2.75) is 26.2 Å². The Morgan fingerprint density at radius 1 is 1.23 bits per heavy atom. The van der Waals surface area contributed by atoms with Gasteiger partial charge >= 0.3 is 6.03 Å². The molecule has 1 fully saturated rings. The molecule has 1 aliphatic heterocycles. The van der Waals surface area contributed by atoms with E-state index in [9.17, 15) is 9.59 Å². The molecule has 5 nitrogen and oxygen atoms in total. The number of imide groups is 1. The van der Waals surface area contributed by atoms with Crippen LogP contribution in [0.2, 0.25) is 5.02 Å². The van der Waals surface area contributed by atoms with Gasteiger partial charge in [-0.05, 0) is 11.5 Å². The van der Waals surface area contributed by atoms with E-state index in [-0.39, 0.29) is 12.3 Å². The Morgan fingerprint density at radius 2 is 2.00 bits per heavy atom. The Kier molecular flexibility index (Phi) is 3.74. The summed E-state index contributed by atoms with van der Waals surface area (Å²) in [6.07, 6.45) is 3.61. The monoisotopic (exact) mass is 317 g/mol. The van der Waals surface area contributed by atoms with E-state index in [1.54, 1.807) is 12.4 Å². The number of urea groups is 1. The zero-order chi connectivity index (χ0) is 15.9. The average molecular weight is 318 g/mol. The maximum atomic E-state index is 12.0. The van der Waals surface area contributed by atoms with Gasteiger partial charge in [-0.25, -0.2) is 4.79 Å². The fraction of sp³-hybridized carbons (Fsp3) is 0.312. The van der Waals surface area contributed by atoms with E-state index in [4.69, 9.17) is 11.6 Å². The minimum Gasteiger partial charge on any atom is -0.291 e. The third-order valence-corrected chi connectivity index (χ3v) is 4.27. The lowest BCUT2D eigenvalue weighted by Crippen LogP contribution is -2.49. The fourth-order valence-electron chi connectivity index (χ4n) is 2.67. The van der Waals surface area contributed by atoms with Crippen LogP contribution in [0.15, 0.2) is 24.5 Å². The van der Waals surface area contributed by atoms with Gasteiger partial charge < -0.3 is 0 Å². The average Bonchev–Trinajstić information content (AvgIpc) is 2.47. The summed E-state index contributed by atoms with van der Waals surface area (Å²) in [4.78, 5) is 29.1. The summed E-state index contributed by atoms with van der Waals surface area (Å²) in [5.74, 6) is 0.0473. The molecule has 1 saturated heterocycles. The Morgan fingerprint density at radius 3 is 2.68 bits per heavy atom. The van der Waals surface area contributed by atoms with E-state index in [1.807, 2.05) is 12.1 Å². The largest absolute Gasteiger partial charge is 0.328 e. The van der Waals surface area contributed by atoms with E-state index >= 15 is 0 Å². The lowest BCUT2D eigenvalue weighted by atomic mass is 9.99. The lowest BCUT2D eigenvalue weighted by molar-refractivity contribution is -0.120. The number of pyridine rings is 1. The maximum Gasteiger partial charge on any atom is 0.328 e. The molecule has 6 heteroatoms. The smallest absolute Gasteiger partial charge is 0.291 e. The third kappa shape index (κ3) is 2.41. The number of halogens is 1. The first-order valence-electron chi connectivity index (χ1n) is 7.16. The van der Waals surface area contributed by atoms with Crippen molar-refractivity contribution in [1.29, 1.82) is 0 Å². The number of carbonyl (C=O) groups excluding carboxylic acids is 2. The quantitative estimate of drug-likeness (QED) is 0.922. The molecule has 1 aliphatic rings. The molecule has 1 N–H and O–H groups in total. The fourth-order valence-corrected chi connectivity index (χ4v) is 3.10. The second kappa shape index (κ2) is 5.57. The summed E-state index contributed by atoms with van der Waals surface area (Å²) in [5.41, 5.74) is 1.71. The van der Waals surface area contributed by atoms with Crippen molar-refractivity contribution in [2.24, 2.45) is 0 Å². The van der Waals surface area contributed by atoms with E-state index in [0.717, 1.165) is 16.3 Å². The van der Waals surface area contributed by atoms with Crippen molar-refractivity contribution in [3.8, 4) is 0 Å². The van der Waals surface area contributed by atoms with Gasteiger partial charge in [0.1, 0.15) is 0 Å². The summed E-state index contributed by atoms with van der Waals surface area (Å²) in [6, 6.07) is 3.51. The second-order valence-corrected chi connectivity index (χ2v) is 6.01. The molecule has 3 rings (SSSR count). The highest BCUT2D eigenvalue weighted by Gasteiger charge is 2.26. The summed E-state index contributed by atoms with van der Waals surface area (Å²) in [5, 5.41) is 4.66. The lowest BCUT2D eigenvalue weighted by Gasteiger charge is -2.27. The highest BCUT2D eigenvalue weighted by molar-refractivity contribution is 6.36. The Balaban J connectivity index is 2.14. The van der Waals surface area contributed by atoms with E-state index in [2.05, 4.69) is 24.1 Å². The number of nitrogens with zero attached hydrogens (tertiary/aromatic N) is 2. The van der Waals surface area contributed by atoms with Crippen LogP contribution in [-0.2, 0) is 4.79 Å². The van der Waals surface area contributed by atoms with E-state index < -0.39 is 6.03 Å². The molecule has 0 spiro atoms. The van der Waals surface area contributed by atoms with Gasteiger partial charge in [-0.2, -0.15) is 0 Å². The summed E-state index contributed by atoms with van der Waals surface area (Å²) >= 11 is 6.49. The predicted molar refractivity (Wildman–Crippen MR) is 86.3 cm³/mol. The van der Waals surface area contributed by atoms with Crippen molar-refractivity contribution < 1.29 is 9.59 Å². The molecule has 0 bridgehead atoms. The highest BCUT2D eigenvalue weighted by atomic mass is 35.5. The van der Waals surface area contributed by atoms with Crippen LogP contribution in [0, 0.1) is 0 Å². The number of nitrogens with one attached hydrogen (secondary N) is 1. The van der Waals surface area contributed by atoms with Crippen molar-refractivity contribution in [3.05, 3.63) is 35.1 Å². The van der Waals surface area contributed by atoms with Crippen molar-refractivity contribution in [2.75, 3.05) is 11.4 Å². The third-order valence-electron chi connectivity index (χ3n) is 3.85. The van der Waals surface area contributed by atoms with Gasteiger partial charge in [0, 0.05) is 29.9 Å². The van der Waals surface area contributed by atoms with Crippen LogP contribution >= 0.6 is 11.6 Å². The molecule has 0 unspecified atom stereocenters. The van der Waals surface area contributed by atoms with Crippen LogP contribution < -0.4 is 10.2 Å².